The van der Waals surface area contributed by atoms with Crippen LogP contribution in [-0.4, -0.2) is 142 Å². The van der Waals surface area contributed by atoms with Gasteiger partial charge in [-0.05, 0) is 68.1 Å². The Balaban J connectivity index is 0.000000306. The number of hydrogen-bond acceptors (Lipinski definition) is 8. The lowest BCUT2D eigenvalue weighted by Crippen LogP contribution is -2.53. The summed E-state index contributed by atoms with van der Waals surface area (Å²) < 4.78 is 0. The Labute approximate surface area is 340 Å². The van der Waals surface area contributed by atoms with Gasteiger partial charge >= 0.3 is 0 Å². The monoisotopic (exact) mass is 804 g/mol. The Morgan fingerprint density at radius 3 is 1.72 bits per heavy atom. The molecule has 5 atom stereocenters. The molecular formula is C42H73N7O8. The first-order valence-corrected chi connectivity index (χ1v) is 21.3. The van der Waals surface area contributed by atoms with Crippen molar-refractivity contribution in [1.82, 2.24) is 35.6 Å². The maximum absolute atomic E-state index is 13.2. The van der Waals surface area contributed by atoms with Gasteiger partial charge in [0.1, 0.15) is 24.2 Å². The van der Waals surface area contributed by atoms with Crippen molar-refractivity contribution >= 4 is 41.4 Å². The summed E-state index contributed by atoms with van der Waals surface area (Å²) in [6, 6.07) is -2.21. The third kappa shape index (κ3) is 14.5. The molecule has 324 valence electrons. The highest BCUT2D eigenvalue weighted by atomic mass is 16.3. The molecule has 0 aliphatic carbocycles. The number of carbonyl (C=O) groups excluding carboxylic acids is 7. The number of amides is 7. The van der Waals surface area contributed by atoms with Gasteiger partial charge in [-0.25, -0.2) is 0 Å². The zero-order valence-corrected chi connectivity index (χ0v) is 36.3. The molecule has 0 unspecified atom stereocenters. The van der Waals surface area contributed by atoms with Crippen molar-refractivity contribution in [3.63, 3.8) is 0 Å². The van der Waals surface area contributed by atoms with Gasteiger partial charge in [0.2, 0.25) is 41.4 Å². The van der Waals surface area contributed by atoms with Gasteiger partial charge in [-0.1, -0.05) is 62.3 Å². The molecule has 0 spiro atoms. The molecule has 4 N–H and O–H groups in total. The second-order valence-electron chi connectivity index (χ2n) is 19.0. The molecule has 4 rings (SSSR count). The Bertz CT molecular complexity index is 1420. The van der Waals surface area contributed by atoms with Gasteiger partial charge in [-0.15, -0.1) is 0 Å². The molecule has 0 aromatic rings. The van der Waals surface area contributed by atoms with E-state index < -0.39 is 36.2 Å². The van der Waals surface area contributed by atoms with E-state index in [0.29, 0.717) is 70.7 Å². The van der Waals surface area contributed by atoms with E-state index in [-0.39, 0.29) is 65.8 Å². The molecule has 0 bridgehead atoms. The third-order valence-corrected chi connectivity index (χ3v) is 11.0. The van der Waals surface area contributed by atoms with Crippen LogP contribution in [0.3, 0.4) is 0 Å². The number of aliphatic hydroxyl groups is 1. The number of β-amino-alcohol motifs (C(OH)–C–C–N with tert-alkyl or cyclic N) is 1. The summed E-state index contributed by atoms with van der Waals surface area (Å²) in [5, 5.41) is 18.4. The highest BCUT2D eigenvalue weighted by molar-refractivity contribution is 5.95. The largest absolute Gasteiger partial charge is 0.391 e. The molecule has 4 fully saturated rings. The summed E-state index contributed by atoms with van der Waals surface area (Å²) >= 11 is 0. The van der Waals surface area contributed by atoms with E-state index in [4.69, 9.17) is 0 Å². The number of carbonyl (C=O) groups is 7. The summed E-state index contributed by atoms with van der Waals surface area (Å²) in [6.45, 7) is 21.3. The maximum atomic E-state index is 13.2. The molecule has 57 heavy (non-hydrogen) atoms. The molecule has 15 heteroatoms. The first kappa shape index (κ1) is 47.6. The van der Waals surface area contributed by atoms with Crippen LogP contribution in [-0.2, 0) is 33.6 Å². The van der Waals surface area contributed by atoms with E-state index in [0.717, 1.165) is 32.1 Å². The predicted molar refractivity (Wildman–Crippen MR) is 217 cm³/mol. The summed E-state index contributed by atoms with van der Waals surface area (Å²) in [4.78, 5) is 94.7. The summed E-state index contributed by atoms with van der Waals surface area (Å²) in [5.41, 5.74) is 0.0621. The Morgan fingerprint density at radius 1 is 0.649 bits per heavy atom. The minimum atomic E-state index is -0.833. The predicted octanol–water partition coefficient (Wildman–Crippen LogP) is 2.58. The normalized spacial score (nSPS) is 23.7. The zero-order chi connectivity index (χ0) is 42.7. The van der Waals surface area contributed by atoms with Crippen molar-refractivity contribution in [2.45, 2.75) is 163 Å². The van der Waals surface area contributed by atoms with Gasteiger partial charge < -0.3 is 40.7 Å². The smallest absolute Gasteiger partial charge is 0.246 e. The van der Waals surface area contributed by atoms with Crippen LogP contribution in [0.2, 0.25) is 0 Å². The zero-order valence-electron chi connectivity index (χ0n) is 36.3. The van der Waals surface area contributed by atoms with E-state index >= 15 is 0 Å². The molecular weight excluding hydrogens is 731 g/mol. The second kappa shape index (κ2) is 21.3. The molecule has 0 radical (unpaired) electrons. The standard InChI is InChI=1S/C22H39N3O3.C20H34N4O5/c1-21(2,3)11-12-23-19(27)16-9-7-14-25(16)20(28)17-10-8-13-24(17)18(26)15-22(4,5)6;1-4-18(27)23-9-5-6-15(23)20(29)24-12-14(25)10-16(24)19(28)22-11-17(26)21-8-7-13(2)3/h16-17H,7-15H2,1-6H3,(H,23,27);13-16,25H,4-12H2,1-3H3,(H,21,26)(H,22,28)/t16-,17-;14-,15+,16+/m01/s1. The van der Waals surface area contributed by atoms with Crippen LogP contribution in [0.1, 0.15) is 133 Å². The number of rotatable bonds is 13. The molecule has 0 saturated carbocycles. The van der Waals surface area contributed by atoms with E-state index in [1.165, 1.54) is 4.90 Å². The topological polar surface area (TPSA) is 189 Å². The van der Waals surface area contributed by atoms with Crippen LogP contribution >= 0.6 is 0 Å². The van der Waals surface area contributed by atoms with E-state index in [2.05, 4.69) is 50.6 Å². The summed E-state index contributed by atoms with van der Waals surface area (Å²) in [5.74, 6) is -0.713. The third-order valence-electron chi connectivity index (χ3n) is 11.0. The number of hydrogen-bond donors (Lipinski definition) is 4. The molecule has 15 nitrogen and oxygen atoms in total. The Kier molecular flexibility index (Phi) is 17.8. The lowest BCUT2D eigenvalue weighted by atomic mass is 9.91. The fourth-order valence-electron chi connectivity index (χ4n) is 7.92. The van der Waals surface area contributed by atoms with Gasteiger partial charge in [0.05, 0.1) is 12.6 Å². The van der Waals surface area contributed by atoms with Crippen molar-refractivity contribution in [3.8, 4) is 0 Å². The van der Waals surface area contributed by atoms with Crippen molar-refractivity contribution in [1.29, 1.82) is 0 Å². The summed E-state index contributed by atoms with van der Waals surface area (Å²) in [6.07, 6.45) is 6.23. The first-order valence-electron chi connectivity index (χ1n) is 21.3. The average Bonchev–Trinajstić information content (AvgIpc) is 3.95. The Morgan fingerprint density at radius 2 is 1.18 bits per heavy atom. The quantitative estimate of drug-likeness (QED) is 0.219. The van der Waals surface area contributed by atoms with Crippen LogP contribution in [0.5, 0.6) is 0 Å². The van der Waals surface area contributed by atoms with Gasteiger partial charge in [0.25, 0.3) is 0 Å². The fraction of sp³-hybridized carbons (Fsp3) is 0.833. The molecule has 0 aromatic heterocycles. The number of likely N-dealkylation sites (tertiary alicyclic amines) is 4. The van der Waals surface area contributed by atoms with Crippen LogP contribution in [0.25, 0.3) is 0 Å². The van der Waals surface area contributed by atoms with Crippen LogP contribution < -0.4 is 16.0 Å². The number of aliphatic hydroxyl groups excluding tert-OH is 1. The van der Waals surface area contributed by atoms with Crippen LogP contribution in [0, 0.1) is 16.7 Å². The second-order valence-corrected chi connectivity index (χ2v) is 19.0. The van der Waals surface area contributed by atoms with Gasteiger partial charge in [0.15, 0.2) is 0 Å². The fourth-order valence-corrected chi connectivity index (χ4v) is 7.92. The molecule has 4 aliphatic rings. The van der Waals surface area contributed by atoms with Gasteiger partial charge in [-0.2, -0.15) is 0 Å². The SMILES string of the molecule is CC(C)(C)CCNC(=O)[C@@H]1CCCN1C(=O)[C@@H]1CCCN1C(=O)CC(C)(C)C.CCC(=O)N1CCC[C@H]1C(=O)N1C[C@H](O)C[C@H]1C(=O)NCC(=O)NCCC(C)C. The molecule has 0 aromatic carbocycles. The van der Waals surface area contributed by atoms with Gasteiger partial charge in [-0.3, -0.25) is 33.6 Å². The molecule has 4 aliphatic heterocycles. The molecule has 7 amide bonds. The maximum Gasteiger partial charge on any atom is 0.246 e. The van der Waals surface area contributed by atoms with Crippen molar-refractivity contribution in [2.75, 3.05) is 45.8 Å². The van der Waals surface area contributed by atoms with E-state index in [1.807, 2.05) is 20.8 Å². The molecule has 4 saturated heterocycles. The lowest BCUT2D eigenvalue weighted by Gasteiger charge is -2.32. The minimum Gasteiger partial charge on any atom is -0.391 e. The number of nitrogens with zero attached hydrogens (tertiary/aromatic N) is 4. The van der Waals surface area contributed by atoms with Gasteiger partial charge in [0, 0.05) is 58.5 Å². The van der Waals surface area contributed by atoms with Crippen LogP contribution in [0.15, 0.2) is 0 Å². The van der Waals surface area contributed by atoms with Crippen molar-refractivity contribution in [3.05, 3.63) is 0 Å². The molecule has 4 heterocycles. The number of nitrogens with one attached hydrogen (secondary N) is 3. The first-order chi connectivity index (χ1) is 26.6. The van der Waals surface area contributed by atoms with Crippen molar-refractivity contribution in [2.24, 2.45) is 16.7 Å². The summed E-state index contributed by atoms with van der Waals surface area (Å²) in [7, 11) is 0. The lowest BCUT2D eigenvalue weighted by molar-refractivity contribution is -0.147. The minimum absolute atomic E-state index is 0.0479. The highest BCUT2D eigenvalue weighted by Gasteiger charge is 2.45. The van der Waals surface area contributed by atoms with Crippen molar-refractivity contribution < 1.29 is 38.7 Å². The van der Waals surface area contributed by atoms with Crippen LogP contribution in [0.4, 0.5) is 0 Å². The van der Waals surface area contributed by atoms with E-state index in [9.17, 15) is 38.7 Å². The van der Waals surface area contributed by atoms with E-state index in [1.54, 1.807) is 21.6 Å². The average molecular weight is 804 g/mol. The highest BCUT2D eigenvalue weighted by Crippen LogP contribution is 2.29. The Hall–Kier alpha value is -3.75.